The average molecular weight is 273 g/mol. The summed E-state index contributed by atoms with van der Waals surface area (Å²) < 4.78 is 0. The van der Waals surface area contributed by atoms with E-state index in [1.54, 1.807) is 0 Å². The predicted octanol–water partition coefficient (Wildman–Crippen LogP) is 1.55. The Morgan fingerprint density at radius 2 is 2.10 bits per heavy atom. The van der Waals surface area contributed by atoms with Crippen molar-refractivity contribution in [3.8, 4) is 0 Å². The topological polar surface area (TPSA) is 44.4 Å². The maximum atomic E-state index is 12.4. The number of benzene rings is 1. The lowest BCUT2D eigenvalue weighted by Gasteiger charge is -2.34. The Morgan fingerprint density at radius 1 is 1.35 bits per heavy atom. The van der Waals surface area contributed by atoms with E-state index in [-0.39, 0.29) is 5.92 Å². The van der Waals surface area contributed by atoms with Crippen LogP contribution in [0.5, 0.6) is 0 Å². The molecule has 2 aliphatic heterocycles. The van der Waals surface area contributed by atoms with Crippen molar-refractivity contribution in [2.45, 2.75) is 19.4 Å². The van der Waals surface area contributed by atoms with Crippen LogP contribution in [-0.4, -0.2) is 43.0 Å². The molecule has 4 nitrogen and oxygen atoms in total. The molecule has 0 aliphatic carbocycles. The molecule has 0 bridgehead atoms. The quantitative estimate of drug-likeness (QED) is 0.875. The van der Waals surface area contributed by atoms with Crippen molar-refractivity contribution in [3.63, 3.8) is 0 Å². The normalized spacial score (nSPS) is 24.2. The van der Waals surface area contributed by atoms with Gasteiger partial charge in [0.25, 0.3) is 0 Å². The first-order valence-corrected chi connectivity index (χ1v) is 7.55. The largest absolute Gasteiger partial charge is 0.380 e. The number of likely N-dealkylation sites (tertiary alicyclic amines) is 1. The standard InChI is InChI=1S/C16H23N3O/c1-12(13-9-17-10-13)16(20)19-8-7-15(11-19)18-14-5-3-2-4-6-14/h2-6,12-13,15,17-18H,7-11H2,1H3. The van der Waals surface area contributed by atoms with Crippen molar-refractivity contribution in [1.82, 2.24) is 10.2 Å². The van der Waals surface area contributed by atoms with E-state index in [0.717, 1.165) is 38.3 Å². The lowest BCUT2D eigenvalue weighted by molar-refractivity contribution is -0.136. The monoisotopic (exact) mass is 273 g/mol. The van der Waals surface area contributed by atoms with E-state index in [4.69, 9.17) is 0 Å². The van der Waals surface area contributed by atoms with Crippen molar-refractivity contribution in [2.24, 2.45) is 11.8 Å². The van der Waals surface area contributed by atoms with Crippen LogP contribution in [-0.2, 0) is 4.79 Å². The third-order valence-corrected chi connectivity index (χ3v) is 4.55. The Morgan fingerprint density at radius 3 is 2.75 bits per heavy atom. The Balaban J connectivity index is 1.52. The molecule has 2 fully saturated rings. The summed E-state index contributed by atoms with van der Waals surface area (Å²) in [6, 6.07) is 10.6. The van der Waals surface area contributed by atoms with Crippen LogP contribution in [0.4, 0.5) is 5.69 Å². The molecule has 0 spiro atoms. The van der Waals surface area contributed by atoms with Crippen molar-refractivity contribution in [3.05, 3.63) is 30.3 Å². The average Bonchev–Trinajstić information content (AvgIpc) is 2.85. The summed E-state index contributed by atoms with van der Waals surface area (Å²) in [6.07, 6.45) is 1.04. The molecule has 108 valence electrons. The molecule has 1 aromatic rings. The maximum Gasteiger partial charge on any atom is 0.225 e. The summed E-state index contributed by atoms with van der Waals surface area (Å²) in [4.78, 5) is 14.5. The van der Waals surface area contributed by atoms with Crippen LogP contribution in [0, 0.1) is 11.8 Å². The minimum atomic E-state index is 0.159. The van der Waals surface area contributed by atoms with Gasteiger partial charge >= 0.3 is 0 Å². The second-order valence-corrected chi connectivity index (χ2v) is 5.99. The molecule has 20 heavy (non-hydrogen) atoms. The molecule has 0 saturated carbocycles. The van der Waals surface area contributed by atoms with Gasteiger partial charge in [0.05, 0.1) is 0 Å². The fourth-order valence-corrected chi connectivity index (χ4v) is 3.00. The summed E-state index contributed by atoms with van der Waals surface area (Å²) in [6.45, 7) is 5.77. The number of amides is 1. The SMILES string of the molecule is CC(C(=O)N1CCC(Nc2ccccc2)C1)C1CNC1. The predicted molar refractivity (Wildman–Crippen MR) is 80.6 cm³/mol. The van der Waals surface area contributed by atoms with Crippen molar-refractivity contribution in [2.75, 3.05) is 31.5 Å². The van der Waals surface area contributed by atoms with E-state index in [1.807, 2.05) is 23.1 Å². The molecule has 2 unspecified atom stereocenters. The van der Waals surface area contributed by atoms with Crippen molar-refractivity contribution < 1.29 is 4.79 Å². The van der Waals surface area contributed by atoms with Crippen LogP contribution < -0.4 is 10.6 Å². The number of carbonyl (C=O) groups is 1. The molecule has 2 aliphatic rings. The molecule has 2 N–H and O–H groups in total. The van der Waals surface area contributed by atoms with Crippen molar-refractivity contribution >= 4 is 11.6 Å². The van der Waals surface area contributed by atoms with Gasteiger partial charge in [0, 0.05) is 30.7 Å². The van der Waals surface area contributed by atoms with Crippen LogP contribution in [0.2, 0.25) is 0 Å². The Kier molecular flexibility index (Phi) is 3.92. The molecule has 2 atom stereocenters. The third kappa shape index (κ3) is 2.80. The molecule has 0 radical (unpaired) electrons. The highest BCUT2D eigenvalue weighted by Gasteiger charge is 2.34. The number of carbonyl (C=O) groups excluding carboxylic acids is 1. The first-order valence-electron chi connectivity index (χ1n) is 7.55. The van der Waals surface area contributed by atoms with Gasteiger partial charge < -0.3 is 15.5 Å². The molecule has 2 saturated heterocycles. The molecule has 1 amide bonds. The Hall–Kier alpha value is -1.55. The zero-order chi connectivity index (χ0) is 13.9. The lowest BCUT2D eigenvalue weighted by Crippen LogP contribution is -2.50. The molecular weight excluding hydrogens is 250 g/mol. The van der Waals surface area contributed by atoms with Crippen LogP contribution in [0.1, 0.15) is 13.3 Å². The second-order valence-electron chi connectivity index (χ2n) is 5.99. The summed E-state index contributed by atoms with van der Waals surface area (Å²) in [5.74, 6) is 1.02. The van der Waals surface area contributed by atoms with E-state index >= 15 is 0 Å². The summed E-state index contributed by atoms with van der Waals surface area (Å²) >= 11 is 0. The molecule has 3 rings (SSSR count). The van der Waals surface area contributed by atoms with Crippen LogP contribution >= 0.6 is 0 Å². The molecular formula is C16H23N3O. The fraction of sp³-hybridized carbons (Fsp3) is 0.562. The summed E-state index contributed by atoms with van der Waals surface area (Å²) in [5, 5.41) is 6.76. The van der Waals surface area contributed by atoms with Gasteiger partial charge in [0.15, 0.2) is 0 Å². The molecule has 0 aromatic heterocycles. The van der Waals surface area contributed by atoms with E-state index in [0.29, 0.717) is 17.9 Å². The number of para-hydroxylation sites is 1. The van der Waals surface area contributed by atoms with Gasteiger partial charge in [0.1, 0.15) is 0 Å². The molecule has 4 heteroatoms. The van der Waals surface area contributed by atoms with E-state index < -0.39 is 0 Å². The number of nitrogens with zero attached hydrogens (tertiary/aromatic N) is 1. The van der Waals surface area contributed by atoms with Crippen LogP contribution in [0.3, 0.4) is 0 Å². The van der Waals surface area contributed by atoms with E-state index in [1.165, 1.54) is 0 Å². The maximum absolute atomic E-state index is 12.4. The first kappa shape index (κ1) is 13.4. The van der Waals surface area contributed by atoms with Crippen LogP contribution in [0.15, 0.2) is 30.3 Å². The second kappa shape index (κ2) is 5.83. The number of rotatable bonds is 4. The number of anilines is 1. The highest BCUT2D eigenvalue weighted by molar-refractivity contribution is 5.79. The zero-order valence-corrected chi connectivity index (χ0v) is 12.0. The summed E-state index contributed by atoms with van der Waals surface area (Å²) in [7, 11) is 0. The number of nitrogens with one attached hydrogen (secondary N) is 2. The minimum absolute atomic E-state index is 0.159. The molecule has 1 aromatic carbocycles. The third-order valence-electron chi connectivity index (χ3n) is 4.55. The van der Waals surface area contributed by atoms with Gasteiger partial charge in [-0.3, -0.25) is 4.79 Å². The smallest absolute Gasteiger partial charge is 0.225 e. The van der Waals surface area contributed by atoms with Crippen LogP contribution in [0.25, 0.3) is 0 Å². The van der Waals surface area contributed by atoms with Gasteiger partial charge in [-0.2, -0.15) is 0 Å². The highest BCUT2D eigenvalue weighted by Crippen LogP contribution is 2.22. The van der Waals surface area contributed by atoms with Gasteiger partial charge in [-0.15, -0.1) is 0 Å². The van der Waals surface area contributed by atoms with Gasteiger partial charge in [-0.05, 0) is 37.6 Å². The lowest BCUT2D eigenvalue weighted by atomic mass is 9.88. The fourth-order valence-electron chi connectivity index (χ4n) is 3.00. The number of hydrogen-bond acceptors (Lipinski definition) is 3. The minimum Gasteiger partial charge on any atom is -0.380 e. The Bertz CT molecular complexity index is 458. The van der Waals surface area contributed by atoms with E-state index in [9.17, 15) is 4.79 Å². The van der Waals surface area contributed by atoms with Gasteiger partial charge in [0.2, 0.25) is 5.91 Å². The highest BCUT2D eigenvalue weighted by atomic mass is 16.2. The van der Waals surface area contributed by atoms with E-state index in [2.05, 4.69) is 29.7 Å². The molecule has 2 heterocycles. The van der Waals surface area contributed by atoms with Crippen molar-refractivity contribution in [1.29, 1.82) is 0 Å². The first-order chi connectivity index (χ1) is 9.74. The van der Waals surface area contributed by atoms with Gasteiger partial charge in [-0.1, -0.05) is 25.1 Å². The summed E-state index contributed by atoms with van der Waals surface area (Å²) in [5.41, 5.74) is 1.14. The Labute approximate surface area is 120 Å². The number of hydrogen-bond donors (Lipinski definition) is 2. The van der Waals surface area contributed by atoms with Gasteiger partial charge in [-0.25, -0.2) is 0 Å². The zero-order valence-electron chi connectivity index (χ0n) is 12.0.